The number of aliphatic hydroxyl groups is 3. The number of aliphatic hydroxyl groups excluding tert-OH is 2. The maximum atomic E-state index is 14.2. The number of aryl methyl sites for hydroxylation is 1. The first-order valence-corrected chi connectivity index (χ1v) is 9.87. The Morgan fingerprint density at radius 3 is 2.41 bits per heavy atom. The van der Waals surface area contributed by atoms with Crippen LogP contribution in [0.15, 0.2) is 48.5 Å². The minimum atomic E-state index is -1.12. The first-order chi connectivity index (χ1) is 13.9. The predicted octanol–water partition coefficient (Wildman–Crippen LogP) is 3.60. The summed E-state index contributed by atoms with van der Waals surface area (Å²) in [6.45, 7) is 1.66. The van der Waals surface area contributed by atoms with E-state index in [9.17, 15) is 19.7 Å². The second-order valence-corrected chi connectivity index (χ2v) is 7.88. The summed E-state index contributed by atoms with van der Waals surface area (Å²) in [6, 6.07) is 14.1. The molecule has 0 bridgehead atoms. The van der Waals surface area contributed by atoms with E-state index in [2.05, 4.69) is 5.10 Å². The van der Waals surface area contributed by atoms with Gasteiger partial charge in [-0.3, -0.25) is 0 Å². The average molecular weight is 396 g/mol. The third-order valence-electron chi connectivity index (χ3n) is 5.80. The van der Waals surface area contributed by atoms with Crippen LogP contribution in [0.4, 0.5) is 4.39 Å². The molecular weight excluding hydrogens is 371 g/mol. The Labute approximate surface area is 169 Å². The average Bonchev–Trinajstić information content (AvgIpc) is 3.19. The van der Waals surface area contributed by atoms with Gasteiger partial charge in [0.1, 0.15) is 11.4 Å². The smallest absolute Gasteiger partial charge is 0.126 e. The van der Waals surface area contributed by atoms with Crippen molar-refractivity contribution < 1.29 is 19.7 Å². The molecule has 6 heteroatoms. The molecule has 3 N–H and O–H groups in total. The van der Waals surface area contributed by atoms with Gasteiger partial charge in [-0.2, -0.15) is 5.10 Å². The molecule has 1 aliphatic carbocycles. The number of halogens is 1. The van der Waals surface area contributed by atoms with Gasteiger partial charge in [0.2, 0.25) is 0 Å². The van der Waals surface area contributed by atoms with Crippen molar-refractivity contribution in [1.29, 1.82) is 0 Å². The van der Waals surface area contributed by atoms with Gasteiger partial charge >= 0.3 is 0 Å². The zero-order valence-electron chi connectivity index (χ0n) is 16.3. The molecule has 2 aromatic carbocycles. The first-order valence-electron chi connectivity index (χ1n) is 9.87. The van der Waals surface area contributed by atoms with Crippen molar-refractivity contribution in [1.82, 2.24) is 9.78 Å². The lowest BCUT2D eigenvalue weighted by molar-refractivity contribution is -0.0393. The Balaban J connectivity index is 1.83. The van der Waals surface area contributed by atoms with Crippen LogP contribution in [0.2, 0.25) is 0 Å². The standard InChI is InChI=1S/C23H25FN2O3/c1-15-2-5-17(12-20(15)24)21-13-22(23(29)10-8-19(28)9-11-23)25-26(21)18-6-3-16(14-27)4-7-18/h2-7,12-13,19,27-29H,8-11,14H2,1H3. The van der Waals surface area contributed by atoms with Gasteiger partial charge < -0.3 is 15.3 Å². The Hall–Kier alpha value is -2.54. The summed E-state index contributed by atoms with van der Waals surface area (Å²) in [6.07, 6.45) is 1.49. The molecule has 0 saturated heterocycles. The highest BCUT2D eigenvalue weighted by molar-refractivity contribution is 5.63. The molecule has 1 aromatic heterocycles. The maximum Gasteiger partial charge on any atom is 0.126 e. The van der Waals surface area contributed by atoms with E-state index in [0.717, 1.165) is 11.3 Å². The molecular formula is C23H25FN2O3. The zero-order chi connectivity index (χ0) is 20.6. The second kappa shape index (κ2) is 7.71. The molecule has 4 rings (SSSR count). The van der Waals surface area contributed by atoms with Crippen LogP contribution in [-0.2, 0) is 12.2 Å². The fourth-order valence-corrected chi connectivity index (χ4v) is 3.84. The van der Waals surface area contributed by atoms with Crippen molar-refractivity contribution in [3.05, 3.63) is 71.2 Å². The highest BCUT2D eigenvalue weighted by atomic mass is 19.1. The number of hydrogen-bond donors (Lipinski definition) is 3. The lowest BCUT2D eigenvalue weighted by atomic mass is 9.81. The van der Waals surface area contributed by atoms with E-state index in [-0.39, 0.29) is 12.4 Å². The van der Waals surface area contributed by atoms with Gasteiger partial charge in [0.25, 0.3) is 0 Å². The quantitative estimate of drug-likeness (QED) is 0.630. The molecule has 1 heterocycles. The van der Waals surface area contributed by atoms with E-state index in [1.165, 1.54) is 6.07 Å². The van der Waals surface area contributed by atoms with Crippen molar-refractivity contribution in [2.75, 3.05) is 0 Å². The third-order valence-corrected chi connectivity index (χ3v) is 5.80. The lowest BCUT2D eigenvalue weighted by Gasteiger charge is -2.32. The fourth-order valence-electron chi connectivity index (χ4n) is 3.84. The molecule has 0 atom stereocenters. The van der Waals surface area contributed by atoms with E-state index < -0.39 is 11.7 Å². The highest BCUT2D eigenvalue weighted by Gasteiger charge is 2.37. The Bertz CT molecular complexity index is 1010. The van der Waals surface area contributed by atoms with E-state index >= 15 is 0 Å². The summed E-state index contributed by atoms with van der Waals surface area (Å²) in [5.41, 5.74) is 2.84. The van der Waals surface area contributed by atoms with Crippen molar-refractivity contribution in [3.63, 3.8) is 0 Å². The maximum absolute atomic E-state index is 14.2. The SMILES string of the molecule is Cc1ccc(-c2cc(C3(O)CCC(O)CC3)nn2-c2ccc(CO)cc2)cc1F. The molecule has 0 aliphatic heterocycles. The highest BCUT2D eigenvalue weighted by Crippen LogP contribution is 2.38. The molecule has 0 radical (unpaired) electrons. The third kappa shape index (κ3) is 3.83. The minimum absolute atomic E-state index is 0.0528. The van der Waals surface area contributed by atoms with E-state index in [4.69, 9.17) is 0 Å². The summed E-state index contributed by atoms with van der Waals surface area (Å²) in [5.74, 6) is -0.299. The molecule has 1 saturated carbocycles. The molecule has 1 fully saturated rings. The van der Waals surface area contributed by atoms with Gasteiger partial charge in [-0.25, -0.2) is 9.07 Å². The summed E-state index contributed by atoms with van der Waals surface area (Å²) < 4.78 is 15.9. The van der Waals surface area contributed by atoms with Gasteiger partial charge in [-0.05, 0) is 68.0 Å². The van der Waals surface area contributed by atoms with Crippen molar-refractivity contribution >= 4 is 0 Å². The zero-order valence-corrected chi connectivity index (χ0v) is 16.3. The molecule has 0 unspecified atom stereocenters. The van der Waals surface area contributed by atoms with Crippen LogP contribution < -0.4 is 0 Å². The molecule has 0 amide bonds. The van der Waals surface area contributed by atoms with E-state index in [1.807, 2.05) is 36.4 Å². The van der Waals surface area contributed by atoms with Crippen LogP contribution in [0.5, 0.6) is 0 Å². The molecule has 1 aliphatic rings. The molecule has 0 spiro atoms. The number of benzene rings is 2. The second-order valence-electron chi connectivity index (χ2n) is 7.88. The first kappa shape index (κ1) is 19.8. The summed E-state index contributed by atoms with van der Waals surface area (Å²) >= 11 is 0. The Morgan fingerprint density at radius 2 is 1.79 bits per heavy atom. The van der Waals surface area contributed by atoms with Crippen LogP contribution in [0, 0.1) is 12.7 Å². The van der Waals surface area contributed by atoms with Crippen LogP contribution in [0.1, 0.15) is 42.5 Å². The van der Waals surface area contributed by atoms with E-state index in [1.54, 1.807) is 17.7 Å². The normalized spacial score (nSPS) is 22.0. The Kier molecular flexibility index (Phi) is 5.25. The number of aromatic nitrogens is 2. The van der Waals surface area contributed by atoms with Gasteiger partial charge in [0, 0.05) is 5.56 Å². The van der Waals surface area contributed by atoms with Crippen LogP contribution in [-0.4, -0.2) is 31.2 Å². The molecule has 5 nitrogen and oxygen atoms in total. The van der Waals surface area contributed by atoms with Crippen molar-refractivity contribution in [2.45, 2.75) is 50.9 Å². The summed E-state index contributed by atoms with van der Waals surface area (Å²) in [5, 5.41) is 35.0. The van der Waals surface area contributed by atoms with E-state index in [0.29, 0.717) is 48.2 Å². The minimum Gasteiger partial charge on any atom is -0.393 e. The number of nitrogens with zero attached hydrogens (tertiary/aromatic N) is 2. The van der Waals surface area contributed by atoms with Crippen LogP contribution in [0.3, 0.4) is 0 Å². The number of hydrogen-bond acceptors (Lipinski definition) is 4. The topological polar surface area (TPSA) is 78.5 Å². The van der Waals surface area contributed by atoms with Crippen molar-refractivity contribution in [2.24, 2.45) is 0 Å². The van der Waals surface area contributed by atoms with Gasteiger partial charge in [-0.15, -0.1) is 0 Å². The van der Waals surface area contributed by atoms with Gasteiger partial charge in [0.05, 0.1) is 29.8 Å². The van der Waals surface area contributed by atoms with Crippen molar-refractivity contribution in [3.8, 4) is 16.9 Å². The molecule has 152 valence electrons. The predicted molar refractivity (Wildman–Crippen MR) is 108 cm³/mol. The summed E-state index contributed by atoms with van der Waals surface area (Å²) in [4.78, 5) is 0. The van der Waals surface area contributed by atoms with Gasteiger partial charge in [0.15, 0.2) is 0 Å². The summed E-state index contributed by atoms with van der Waals surface area (Å²) in [7, 11) is 0. The van der Waals surface area contributed by atoms with Gasteiger partial charge in [-0.1, -0.05) is 24.3 Å². The Morgan fingerprint density at radius 1 is 1.10 bits per heavy atom. The monoisotopic (exact) mass is 396 g/mol. The number of rotatable bonds is 4. The fraction of sp³-hybridized carbons (Fsp3) is 0.348. The van der Waals surface area contributed by atoms with Crippen LogP contribution in [0.25, 0.3) is 16.9 Å². The largest absolute Gasteiger partial charge is 0.393 e. The van der Waals surface area contributed by atoms with Crippen LogP contribution >= 0.6 is 0 Å². The molecule has 29 heavy (non-hydrogen) atoms. The lowest BCUT2D eigenvalue weighted by Crippen LogP contribution is -2.33. The molecule has 3 aromatic rings.